The topological polar surface area (TPSA) is 52.8 Å². The number of nitrogens with one attached hydrogen (secondary N) is 2. The van der Waals surface area contributed by atoms with Crippen molar-refractivity contribution in [3.63, 3.8) is 0 Å². The van der Waals surface area contributed by atoms with Crippen molar-refractivity contribution < 1.29 is 4.42 Å². The molecule has 1 heterocycles. The number of halogens is 1. The third-order valence-electron chi connectivity index (χ3n) is 3.18. The first-order chi connectivity index (χ1) is 9.20. The molecule has 20 heavy (non-hydrogen) atoms. The van der Waals surface area contributed by atoms with Gasteiger partial charge in [0.1, 0.15) is 5.76 Å². The van der Waals surface area contributed by atoms with Crippen LogP contribution in [0.25, 0.3) is 0 Å². The average molecular weight is 392 g/mol. The van der Waals surface area contributed by atoms with E-state index in [2.05, 4.69) is 27.4 Å². The fourth-order valence-electron chi connectivity index (χ4n) is 1.91. The van der Waals surface area contributed by atoms with Crippen molar-refractivity contribution in [3.05, 3.63) is 24.2 Å². The zero-order valence-corrected chi connectivity index (χ0v) is 14.8. The highest BCUT2D eigenvalue weighted by Crippen LogP contribution is 2.20. The Labute approximate surface area is 138 Å². The van der Waals surface area contributed by atoms with E-state index in [9.17, 15) is 0 Å². The summed E-state index contributed by atoms with van der Waals surface area (Å²) in [6, 6.07) is 4.70. The van der Waals surface area contributed by atoms with Crippen molar-refractivity contribution in [2.75, 3.05) is 27.2 Å². The molecule has 0 aromatic carbocycles. The molecule has 5 nitrogen and oxygen atoms in total. The Hall–Kier alpha value is -0.760. The summed E-state index contributed by atoms with van der Waals surface area (Å²) in [4.78, 5) is 6.79. The summed E-state index contributed by atoms with van der Waals surface area (Å²) >= 11 is 0. The monoisotopic (exact) mass is 392 g/mol. The van der Waals surface area contributed by atoms with Crippen molar-refractivity contribution in [3.8, 4) is 0 Å². The van der Waals surface area contributed by atoms with Crippen molar-refractivity contribution in [2.45, 2.75) is 31.8 Å². The molecule has 114 valence electrons. The van der Waals surface area contributed by atoms with E-state index in [4.69, 9.17) is 4.42 Å². The molecule has 1 aromatic rings. The Kier molecular flexibility index (Phi) is 7.36. The van der Waals surface area contributed by atoms with E-state index in [-0.39, 0.29) is 30.0 Å². The fraction of sp³-hybridized carbons (Fsp3) is 0.643. The van der Waals surface area contributed by atoms with Crippen LogP contribution in [0.4, 0.5) is 0 Å². The Morgan fingerprint density at radius 1 is 1.50 bits per heavy atom. The van der Waals surface area contributed by atoms with Crippen LogP contribution in [0.1, 0.15) is 31.6 Å². The number of aliphatic imine (C=N–C) groups is 1. The van der Waals surface area contributed by atoms with Gasteiger partial charge in [-0.05, 0) is 46.0 Å². The second-order valence-electron chi connectivity index (χ2n) is 5.13. The minimum atomic E-state index is 0. The van der Waals surface area contributed by atoms with Gasteiger partial charge in [-0.3, -0.25) is 9.89 Å². The Balaban J connectivity index is 0.00000200. The maximum absolute atomic E-state index is 5.49. The van der Waals surface area contributed by atoms with Gasteiger partial charge < -0.3 is 15.1 Å². The van der Waals surface area contributed by atoms with E-state index in [1.807, 2.05) is 26.2 Å². The summed E-state index contributed by atoms with van der Waals surface area (Å²) in [5.41, 5.74) is 0. The highest BCUT2D eigenvalue weighted by molar-refractivity contribution is 14.0. The molecule has 1 aromatic heterocycles. The van der Waals surface area contributed by atoms with E-state index < -0.39 is 0 Å². The maximum Gasteiger partial charge on any atom is 0.191 e. The highest BCUT2D eigenvalue weighted by atomic mass is 127. The van der Waals surface area contributed by atoms with E-state index in [1.54, 1.807) is 6.26 Å². The Morgan fingerprint density at radius 3 is 2.75 bits per heavy atom. The smallest absolute Gasteiger partial charge is 0.191 e. The molecule has 2 rings (SSSR count). The summed E-state index contributed by atoms with van der Waals surface area (Å²) in [6.07, 6.45) is 4.21. The lowest BCUT2D eigenvalue weighted by atomic mass is 10.2. The third-order valence-corrected chi connectivity index (χ3v) is 3.18. The van der Waals surface area contributed by atoms with Crippen molar-refractivity contribution in [1.29, 1.82) is 0 Å². The Morgan fingerprint density at radius 2 is 2.25 bits per heavy atom. The van der Waals surface area contributed by atoms with Crippen LogP contribution in [0.5, 0.6) is 0 Å². The van der Waals surface area contributed by atoms with Crippen molar-refractivity contribution in [1.82, 2.24) is 15.5 Å². The molecule has 6 heteroatoms. The number of likely N-dealkylation sites (N-methyl/N-ethyl adjacent to an activating group) is 1. The largest absolute Gasteiger partial charge is 0.468 e. The van der Waals surface area contributed by atoms with Crippen LogP contribution in [-0.2, 0) is 0 Å². The molecule has 1 saturated carbocycles. The van der Waals surface area contributed by atoms with Crippen LogP contribution >= 0.6 is 24.0 Å². The number of guanidine groups is 1. The zero-order chi connectivity index (χ0) is 13.7. The Bertz CT molecular complexity index is 401. The standard InChI is InChI=1S/C14H24N4O.HI/c1-4-15-14(17-11-7-8-11)16-10-12(18(2)3)13-6-5-9-19-13;/h5-6,9,11-12H,4,7-8,10H2,1-3H3,(H2,15,16,17);1H. The molecule has 2 N–H and O–H groups in total. The summed E-state index contributed by atoms with van der Waals surface area (Å²) in [5.74, 6) is 1.86. The number of nitrogens with zero attached hydrogens (tertiary/aromatic N) is 2. The second kappa shape index (κ2) is 8.51. The lowest BCUT2D eigenvalue weighted by Crippen LogP contribution is -2.39. The molecule has 0 bridgehead atoms. The molecule has 0 aliphatic heterocycles. The number of rotatable bonds is 6. The average Bonchev–Trinajstić information content (AvgIpc) is 3.02. The maximum atomic E-state index is 5.49. The van der Waals surface area contributed by atoms with Gasteiger partial charge in [0, 0.05) is 12.6 Å². The van der Waals surface area contributed by atoms with Gasteiger partial charge in [0.25, 0.3) is 0 Å². The number of hydrogen-bond acceptors (Lipinski definition) is 3. The zero-order valence-electron chi connectivity index (χ0n) is 12.4. The van der Waals surface area contributed by atoms with E-state index in [0.29, 0.717) is 12.6 Å². The molecule has 0 amide bonds. The SMILES string of the molecule is CCNC(=NCC(c1ccco1)N(C)C)NC1CC1.I. The highest BCUT2D eigenvalue weighted by Gasteiger charge is 2.23. The molecule has 0 saturated heterocycles. The molecule has 0 radical (unpaired) electrons. The van der Waals surface area contributed by atoms with Gasteiger partial charge in [-0.25, -0.2) is 0 Å². The van der Waals surface area contributed by atoms with Crippen LogP contribution in [-0.4, -0.2) is 44.1 Å². The molecular weight excluding hydrogens is 367 g/mol. The van der Waals surface area contributed by atoms with Gasteiger partial charge in [-0.1, -0.05) is 0 Å². The van der Waals surface area contributed by atoms with E-state index in [0.717, 1.165) is 18.3 Å². The predicted molar refractivity (Wildman–Crippen MR) is 92.7 cm³/mol. The molecule has 1 unspecified atom stereocenters. The third kappa shape index (κ3) is 5.32. The first-order valence-corrected chi connectivity index (χ1v) is 6.95. The van der Waals surface area contributed by atoms with E-state index >= 15 is 0 Å². The van der Waals surface area contributed by atoms with Gasteiger partial charge in [0.2, 0.25) is 0 Å². The first kappa shape index (κ1) is 17.3. The summed E-state index contributed by atoms with van der Waals surface area (Å²) in [6.45, 7) is 3.65. The molecule has 1 aliphatic rings. The van der Waals surface area contributed by atoms with Crippen LogP contribution in [0.2, 0.25) is 0 Å². The minimum absolute atomic E-state index is 0. The lowest BCUT2D eigenvalue weighted by Gasteiger charge is -2.21. The molecule has 1 fully saturated rings. The van der Waals surface area contributed by atoms with Crippen LogP contribution in [0, 0.1) is 0 Å². The van der Waals surface area contributed by atoms with E-state index in [1.165, 1.54) is 12.8 Å². The minimum Gasteiger partial charge on any atom is -0.468 e. The van der Waals surface area contributed by atoms with Gasteiger partial charge in [-0.15, -0.1) is 24.0 Å². The van der Waals surface area contributed by atoms with Crippen LogP contribution in [0.3, 0.4) is 0 Å². The first-order valence-electron chi connectivity index (χ1n) is 6.95. The fourth-order valence-corrected chi connectivity index (χ4v) is 1.91. The molecule has 1 atom stereocenters. The normalized spacial score (nSPS) is 16.7. The lowest BCUT2D eigenvalue weighted by molar-refractivity contribution is 0.265. The summed E-state index contributed by atoms with van der Waals surface area (Å²) in [5, 5.41) is 6.70. The van der Waals surface area contributed by atoms with Gasteiger partial charge in [-0.2, -0.15) is 0 Å². The van der Waals surface area contributed by atoms with Gasteiger partial charge in [0.15, 0.2) is 5.96 Å². The second-order valence-corrected chi connectivity index (χ2v) is 5.13. The quantitative estimate of drug-likeness (QED) is 0.443. The number of furan rings is 1. The molecule has 1 aliphatic carbocycles. The number of hydrogen-bond donors (Lipinski definition) is 2. The molecule has 0 spiro atoms. The molecular formula is C14H25IN4O. The predicted octanol–water partition coefficient (Wildman–Crippen LogP) is 2.22. The van der Waals surface area contributed by atoms with Crippen molar-refractivity contribution >= 4 is 29.9 Å². The summed E-state index contributed by atoms with van der Waals surface area (Å²) < 4.78 is 5.49. The van der Waals surface area contributed by atoms with Gasteiger partial charge >= 0.3 is 0 Å². The van der Waals surface area contributed by atoms with Crippen molar-refractivity contribution in [2.24, 2.45) is 4.99 Å². The van der Waals surface area contributed by atoms with Gasteiger partial charge in [0.05, 0.1) is 18.8 Å². The van der Waals surface area contributed by atoms with Crippen LogP contribution < -0.4 is 10.6 Å². The van der Waals surface area contributed by atoms with Crippen LogP contribution in [0.15, 0.2) is 27.8 Å². The summed E-state index contributed by atoms with van der Waals surface area (Å²) in [7, 11) is 4.09.